The normalized spacial score (nSPS) is 19.6. The van der Waals surface area contributed by atoms with Crippen molar-refractivity contribution in [3.05, 3.63) is 47.8 Å². The van der Waals surface area contributed by atoms with Crippen LogP contribution >= 0.6 is 0 Å². The lowest BCUT2D eigenvalue weighted by molar-refractivity contribution is -0.124. The number of hydrogen-bond donors (Lipinski definition) is 2. The number of pyridine rings is 2. The number of aromatic nitrogens is 2. The molecule has 2 amide bonds. The fourth-order valence-corrected chi connectivity index (χ4v) is 3.21. The highest BCUT2D eigenvalue weighted by atomic mass is 16.2. The van der Waals surface area contributed by atoms with Gasteiger partial charge in [-0.15, -0.1) is 0 Å². The minimum atomic E-state index is -0.173. The van der Waals surface area contributed by atoms with Crippen molar-refractivity contribution in [1.29, 1.82) is 0 Å². The Labute approximate surface area is 153 Å². The SMILES string of the molecule is Cc1ccc(NC(=O)C2CCCC(C(=O)Nc3ccc(C)cn3)C2)nc1. The van der Waals surface area contributed by atoms with Crippen molar-refractivity contribution >= 4 is 23.5 Å². The summed E-state index contributed by atoms with van der Waals surface area (Å²) in [6.07, 6.45) is 6.45. The molecule has 2 aromatic heterocycles. The first-order valence-electron chi connectivity index (χ1n) is 8.98. The smallest absolute Gasteiger partial charge is 0.228 e. The Hall–Kier alpha value is -2.76. The number of carbonyl (C=O) groups excluding carboxylic acids is 2. The molecule has 136 valence electrons. The molecule has 0 saturated heterocycles. The summed E-state index contributed by atoms with van der Waals surface area (Å²) in [6, 6.07) is 7.41. The van der Waals surface area contributed by atoms with E-state index in [1.54, 1.807) is 24.5 Å². The molecule has 1 saturated carbocycles. The third-order valence-corrected chi connectivity index (χ3v) is 4.74. The zero-order valence-corrected chi connectivity index (χ0v) is 15.2. The van der Waals surface area contributed by atoms with Crippen molar-refractivity contribution in [2.75, 3.05) is 10.6 Å². The fourth-order valence-electron chi connectivity index (χ4n) is 3.21. The molecular weight excluding hydrogens is 328 g/mol. The molecule has 2 heterocycles. The molecule has 3 rings (SSSR count). The van der Waals surface area contributed by atoms with E-state index < -0.39 is 0 Å². The third-order valence-electron chi connectivity index (χ3n) is 4.74. The first-order valence-corrected chi connectivity index (χ1v) is 8.98. The predicted octanol–water partition coefficient (Wildman–Crippen LogP) is 3.48. The summed E-state index contributed by atoms with van der Waals surface area (Å²) in [5.41, 5.74) is 2.09. The summed E-state index contributed by atoms with van der Waals surface area (Å²) in [4.78, 5) is 33.5. The number of nitrogens with zero attached hydrogens (tertiary/aromatic N) is 2. The lowest BCUT2D eigenvalue weighted by Gasteiger charge is -2.27. The van der Waals surface area contributed by atoms with Crippen LogP contribution in [0.5, 0.6) is 0 Å². The molecule has 1 aliphatic rings. The van der Waals surface area contributed by atoms with Gasteiger partial charge in [-0.25, -0.2) is 9.97 Å². The summed E-state index contributed by atoms with van der Waals surface area (Å²) in [5, 5.41) is 5.72. The molecule has 1 fully saturated rings. The Balaban J connectivity index is 1.57. The summed E-state index contributed by atoms with van der Waals surface area (Å²) < 4.78 is 0. The largest absolute Gasteiger partial charge is 0.310 e. The zero-order chi connectivity index (χ0) is 18.5. The van der Waals surface area contributed by atoms with Crippen LogP contribution in [0, 0.1) is 25.7 Å². The van der Waals surface area contributed by atoms with Gasteiger partial charge in [0.05, 0.1) is 0 Å². The van der Waals surface area contributed by atoms with Crippen molar-refractivity contribution < 1.29 is 9.59 Å². The van der Waals surface area contributed by atoms with Crippen LogP contribution in [0.2, 0.25) is 0 Å². The van der Waals surface area contributed by atoms with Crippen molar-refractivity contribution in [1.82, 2.24) is 9.97 Å². The minimum Gasteiger partial charge on any atom is -0.310 e. The van der Waals surface area contributed by atoms with Crippen LogP contribution in [0.25, 0.3) is 0 Å². The molecule has 2 N–H and O–H groups in total. The van der Waals surface area contributed by atoms with E-state index in [9.17, 15) is 9.59 Å². The van der Waals surface area contributed by atoms with Crippen LogP contribution in [0.4, 0.5) is 11.6 Å². The van der Waals surface area contributed by atoms with Crippen LogP contribution in [-0.4, -0.2) is 21.8 Å². The van der Waals surface area contributed by atoms with Crippen LogP contribution in [-0.2, 0) is 9.59 Å². The monoisotopic (exact) mass is 352 g/mol. The van der Waals surface area contributed by atoms with Gasteiger partial charge in [0.25, 0.3) is 0 Å². The summed E-state index contributed by atoms with van der Waals surface area (Å²) in [6.45, 7) is 3.90. The molecule has 1 aliphatic carbocycles. The molecule has 2 unspecified atom stereocenters. The van der Waals surface area contributed by atoms with E-state index in [1.165, 1.54) is 0 Å². The maximum Gasteiger partial charge on any atom is 0.228 e. The van der Waals surface area contributed by atoms with Crippen molar-refractivity contribution in [3.8, 4) is 0 Å². The van der Waals surface area contributed by atoms with Crippen LogP contribution in [0.3, 0.4) is 0 Å². The van der Waals surface area contributed by atoms with Gasteiger partial charge in [0.15, 0.2) is 0 Å². The minimum absolute atomic E-state index is 0.0627. The molecule has 0 aliphatic heterocycles. The maximum absolute atomic E-state index is 12.5. The highest BCUT2D eigenvalue weighted by Gasteiger charge is 2.31. The van der Waals surface area contributed by atoms with Crippen LogP contribution in [0.15, 0.2) is 36.7 Å². The van der Waals surface area contributed by atoms with Gasteiger partial charge < -0.3 is 10.6 Å². The van der Waals surface area contributed by atoms with E-state index in [0.29, 0.717) is 18.1 Å². The predicted molar refractivity (Wildman–Crippen MR) is 101 cm³/mol. The standard InChI is InChI=1S/C20H24N4O2/c1-13-6-8-17(21-11-13)23-19(25)15-4-3-5-16(10-15)20(26)24-18-9-7-14(2)12-22-18/h6-9,11-12,15-16H,3-5,10H2,1-2H3,(H,21,23,25)(H,22,24,26). The summed E-state index contributed by atoms with van der Waals surface area (Å²) in [7, 11) is 0. The Kier molecular flexibility index (Phi) is 5.61. The number of nitrogens with one attached hydrogen (secondary N) is 2. The van der Waals surface area contributed by atoms with Gasteiger partial charge in [0, 0.05) is 24.2 Å². The average molecular weight is 352 g/mol. The van der Waals surface area contributed by atoms with E-state index in [0.717, 1.165) is 30.4 Å². The van der Waals surface area contributed by atoms with Gasteiger partial charge in [-0.3, -0.25) is 9.59 Å². The number of hydrogen-bond acceptors (Lipinski definition) is 4. The van der Waals surface area contributed by atoms with Crippen molar-refractivity contribution in [2.45, 2.75) is 39.5 Å². The Morgan fingerprint density at radius 1 is 0.846 bits per heavy atom. The highest BCUT2D eigenvalue weighted by molar-refractivity contribution is 5.94. The van der Waals surface area contributed by atoms with Gasteiger partial charge in [-0.1, -0.05) is 18.6 Å². The fraction of sp³-hybridized carbons (Fsp3) is 0.400. The molecular formula is C20H24N4O2. The van der Waals surface area contributed by atoms with E-state index in [4.69, 9.17) is 0 Å². The van der Waals surface area contributed by atoms with Crippen molar-refractivity contribution in [3.63, 3.8) is 0 Å². The second kappa shape index (κ2) is 8.08. The van der Waals surface area contributed by atoms with Gasteiger partial charge in [-0.05, 0) is 56.4 Å². The second-order valence-electron chi connectivity index (χ2n) is 6.98. The average Bonchev–Trinajstić information content (AvgIpc) is 2.65. The Morgan fingerprint density at radius 3 is 1.69 bits per heavy atom. The highest BCUT2D eigenvalue weighted by Crippen LogP contribution is 2.30. The van der Waals surface area contributed by atoms with Gasteiger partial charge >= 0.3 is 0 Å². The number of amides is 2. The maximum atomic E-state index is 12.5. The molecule has 6 nitrogen and oxygen atoms in total. The van der Waals surface area contributed by atoms with E-state index in [2.05, 4.69) is 20.6 Å². The topological polar surface area (TPSA) is 84.0 Å². The Bertz CT molecular complexity index is 706. The third kappa shape index (κ3) is 4.65. The number of anilines is 2. The van der Waals surface area contributed by atoms with E-state index >= 15 is 0 Å². The molecule has 0 aromatic carbocycles. The number of rotatable bonds is 4. The van der Waals surface area contributed by atoms with Gasteiger partial charge in [0.1, 0.15) is 11.6 Å². The number of aryl methyl sites for hydroxylation is 2. The molecule has 2 atom stereocenters. The van der Waals surface area contributed by atoms with Gasteiger partial charge in [-0.2, -0.15) is 0 Å². The van der Waals surface area contributed by atoms with E-state index in [-0.39, 0.29) is 23.7 Å². The second-order valence-corrected chi connectivity index (χ2v) is 6.98. The first-order chi connectivity index (χ1) is 12.5. The summed E-state index contributed by atoms with van der Waals surface area (Å²) >= 11 is 0. The lowest BCUT2D eigenvalue weighted by atomic mass is 9.80. The van der Waals surface area contributed by atoms with E-state index in [1.807, 2.05) is 26.0 Å². The Morgan fingerprint density at radius 2 is 1.31 bits per heavy atom. The summed E-state index contributed by atoms with van der Waals surface area (Å²) in [5.74, 6) is 0.633. The molecule has 6 heteroatoms. The molecule has 0 bridgehead atoms. The van der Waals surface area contributed by atoms with Crippen LogP contribution in [0.1, 0.15) is 36.8 Å². The molecule has 2 aromatic rings. The quantitative estimate of drug-likeness (QED) is 0.882. The first kappa shape index (κ1) is 18.0. The van der Waals surface area contributed by atoms with Crippen molar-refractivity contribution in [2.24, 2.45) is 11.8 Å². The number of carbonyl (C=O) groups is 2. The molecule has 0 radical (unpaired) electrons. The lowest BCUT2D eigenvalue weighted by Crippen LogP contribution is -2.33. The molecule has 26 heavy (non-hydrogen) atoms. The van der Waals surface area contributed by atoms with Gasteiger partial charge in [0.2, 0.25) is 11.8 Å². The van der Waals surface area contributed by atoms with Crippen LogP contribution < -0.4 is 10.6 Å². The zero-order valence-electron chi connectivity index (χ0n) is 15.2. The molecule has 0 spiro atoms.